The summed E-state index contributed by atoms with van der Waals surface area (Å²) in [7, 11) is 0. The highest BCUT2D eigenvalue weighted by molar-refractivity contribution is 6.35. The van der Waals surface area contributed by atoms with Crippen molar-refractivity contribution in [1.82, 2.24) is 20.5 Å². The number of nitrogens with zero attached hydrogens (tertiary/aromatic N) is 2. The van der Waals surface area contributed by atoms with Crippen molar-refractivity contribution in [3.05, 3.63) is 75.8 Å². The van der Waals surface area contributed by atoms with Crippen molar-refractivity contribution in [2.75, 3.05) is 0 Å². The smallest absolute Gasteiger partial charge is 0.0843 e. The number of aromatic amines is 1. The second kappa shape index (κ2) is 6.86. The molecule has 4 rings (SSSR count). The summed E-state index contributed by atoms with van der Waals surface area (Å²) in [5.74, 6) is 0.544. The van der Waals surface area contributed by atoms with E-state index in [1.807, 2.05) is 24.7 Å². The Morgan fingerprint density at radius 2 is 2.00 bits per heavy atom. The molecule has 0 saturated carbocycles. The summed E-state index contributed by atoms with van der Waals surface area (Å²) in [4.78, 5) is 4.67. The largest absolute Gasteiger partial charge is 0.362 e. The summed E-state index contributed by atoms with van der Waals surface area (Å²) in [5.41, 5.74) is 7.90. The number of nitrogens with one attached hydrogen (secondary N) is 2. The lowest BCUT2D eigenvalue weighted by atomic mass is 9.86. The van der Waals surface area contributed by atoms with Gasteiger partial charge in [0.05, 0.1) is 16.7 Å². The average Bonchev–Trinajstić information content (AvgIpc) is 3.11. The zero-order valence-corrected chi connectivity index (χ0v) is 16.7. The fourth-order valence-electron chi connectivity index (χ4n) is 3.91. The van der Waals surface area contributed by atoms with Crippen LogP contribution in [-0.2, 0) is 0 Å². The Balaban J connectivity index is 1.87. The molecule has 2 N–H and O–H groups in total. The van der Waals surface area contributed by atoms with E-state index in [0.717, 1.165) is 33.4 Å². The normalized spacial score (nSPS) is 16.7. The average molecular weight is 379 g/mol. The quantitative estimate of drug-likeness (QED) is 0.624. The Hall–Kier alpha value is -2.59. The molecule has 1 atom stereocenters. The van der Waals surface area contributed by atoms with Crippen LogP contribution in [-0.4, -0.2) is 15.2 Å². The Morgan fingerprint density at radius 3 is 2.78 bits per heavy atom. The summed E-state index contributed by atoms with van der Waals surface area (Å²) in [6.45, 7) is 8.63. The molecule has 1 aliphatic rings. The van der Waals surface area contributed by atoms with Crippen molar-refractivity contribution in [2.45, 2.75) is 39.5 Å². The third-order valence-electron chi connectivity index (χ3n) is 5.16. The van der Waals surface area contributed by atoms with Crippen LogP contribution >= 0.6 is 11.6 Å². The maximum absolute atomic E-state index is 6.38. The zero-order valence-electron chi connectivity index (χ0n) is 16.0. The highest BCUT2D eigenvalue weighted by Crippen LogP contribution is 2.36. The predicted molar refractivity (Wildman–Crippen MR) is 112 cm³/mol. The molecule has 0 amide bonds. The summed E-state index contributed by atoms with van der Waals surface area (Å²) in [6, 6.07) is 4.08. The second-order valence-corrected chi connectivity index (χ2v) is 7.81. The molecule has 5 heteroatoms. The van der Waals surface area contributed by atoms with Crippen LogP contribution in [0.5, 0.6) is 0 Å². The minimum atomic E-state index is 0.171. The lowest BCUT2D eigenvalue weighted by Gasteiger charge is -2.24. The third-order valence-corrected chi connectivity index (χ3v) is 5.46. The molecule has 138 valence electrons. The first-order valence-electron chi connectivity index (χ1n) is 9.20. The fraction of sp³-hybridized carbons (Fsp3) is 0.273. The number of hydrogen-bond donors (Lipinski definition) is 2. The van der Waals surface area contributed by atoms with Gasteiger partial charge in [-0.3, -0.25) is 10.1 Å². The molecule has 27 heavy (non-hydrogen) atoms. The van der Waals surface area contributed by atoms with Gasteiger partial charge in [-0.1, -0.05) is 31.5 Å². The Kier molecular flexibility index (Phi) is 4.52. The van der Waals surface area contributed by atoms with Crippen molar-refractivity contribution < 1.29 is 0 Å². The molecule has 0 aliphatic carbocycles. The lowest BCUT2D eigenvalue weighted by molar-refractivity contribution is 0.787. The van der Waals surface area contributed by atoms with Gasteiger partial charge in [0, 0.05) is 34.5 Å². The van der Waals surface area contributed by atoms with Crippen molar-refractivity contribution >= 4 is 28.2 Å². The number of benzene rings is 1. The first-order chi connectivity index (χ1) is 13.0. The molecular weight excluding hydrogens is 356 g/mol. The summed E-state index contributed by atoms with van der Waals surface area (Å²) >= 11 is 6.38. The second-order valence-electron chi connectivity index (χ2n) is 7.40. The number of aromatic nitrogens is 3. The molecule has 2 aromatic heterocycles. The van der Waals surface area contributed by atoms with Crippen LogP contribution in [0.4, 0.5) is 0 Å². The van der Waals surface area contributed by atoms with Crippen LogP contribution in [0.15, 0.2) is 42.9 Å². The van der Waals surface area contributed by atoms with E-state index in [2.05, 4.69) is 66.4 Å². The zero-order chi connectivity index (χ0) is 19.1. The number of aryl methyl sites for hydroxylation is 2. The number of pyridine rings is 1. The van der Waals surface area contributed by atoms with Gasteiger partial charge in [0.15, 0.2) is 0 Å². The van der Waals surface area contributed by atoms with Crippen LogP contribution in [0.1, 0.15) is 53.6 Å². The molecular formula is C22H23ClN4. The molecule has 0 bridgehead atoms. The molecule has 0 spiro atoms. The van der Waals surface area contributed by atoms with Gasteiger partial charge in [0.25, 0.3) is 0 Å². The van der Waals surface area contributed by atoms with Gasteiger partial charge < -0.3 is 5.32 Å². The minimum Gasteiger partial charge on any atom is -0.362 e. The van der Waals surface area contributed by atoms with Gasteiger partial charge in [0.1, 0.15) is 0 Å². The van der Waals surface area contributed by atoms with Gasteiger partial charge in [-0.15, -0.1) is 0 Å². The monoisotopic (exact) mass is 378 g/mol. The minimum absolute atomic E-state index is 0.171. The van der Waals surface area contributed by atoms with Gasteiger partial charge >= 0.3 is 0 Å². The van der Waals surface area contributed by atoms with E-state index in [1.165, 1.54) is 11.1 Å². The van der Waals surface area contributed by atoms with E-state index in [1.54, 1.807) is 0 Å². The molecule has 1 aromatic carbocycles. The molecule has 1 unspecified atom stereocenters. The fourth-order valence-corrected chi connectivity index (χ4v) is 4.21. The SMILES string of the molecule is Cc1ccnc(C(C)C)c1C1C=CNC(c2c(C)cc(Cl)c3[nH]ncc23)=C1. The van der Waals surface area contributed by atoms with Crippen molar-refractivity contribution in [3.63, 3.8) is 0 Å². The Bertz CT molecular complexity index is 1080. The maximum atomic E-state index is 6.38. The third kappa shape index (κ3) is 3.04. The van der Waals surface area contributed by atoms with Gasteiger partial charge in [0.2, 0.25) is 0 Å². The summed E-state index contributed by atoms with van der Waals surface area (Å²) in [6.07, 6.45) is 10.2. The molecule has 1 aliphatic heterocycles. The number of halogens is 1. The molecule has 0 radical (unpaired) electrons. The summed E-state index contributed by atoms with van der Waals surface area (Å²) < 4.78 is 0. The first-order valence-corrected chi connectivity index (χ1v) is 9.58. The number of rotatable bonds is 3. The van der Waals surface area contributed by atoms with Crippen molar-refractivity contribution in [2.24, 2.45) is 0 Å². The van der Waals surface area contributed by atoms with E-state index < -0.39 is 0 Å². The number of hydrogen-bond acceptors (Lipinski definition) is 3. The van der Waals surface area contributed by atoms with E-state index in [0.29, 0.717) is 10.9 Å². The maximum Gasteiger partial charge on any atom is 0.0843 e. The van der Waals surface area contributed by atoms with E-state index in [4.69, 9.17) is 11.6 Å². The number of allylic oxidation sites excluding steroid dienone is 2. The highest BCUT2D eigenvalue weighted by atomic mass is 35.5. The van der Waals surface area contributed by atoms with Crippen molar-refractivity contribution in [3.8, 4) is 0 Å². The van der Waals surface area contributed by atoms with Crippen LogP contribution in [0.2, 0.25) is 5.02 Å². The predicted octanol–water partition coefficient (Wildman–Crippen LogP) is 5.59. The highest BCUT2D eigenvalue weighted by Gasteiger charge is 2.22. The standard InChI is InChI=1S/C22H23ClN4/c1-12(2)21-19(13(3)5-7-25-21)15-6-8-24-18(10-15)20-14(4)9-17(23)22-16(20)11-26-27-22/h5-12,15,24H,1-4H3,(H,26,27). The van der Waals surface area contributed by atoms with Crippen molar-refractivity contribution in [1.29, 1.82) is 0 Å². The van der Waals surface area contributed by atoms with E-state index in [9.17, 15) is 0 Å². The summed E-state index contributed by atoms with van der Waals surface area (Å²) in [5, 5.41) is 12.3. The molecule has 0 fully saturated rings. The molecule has 0 saturated heterocycles. The van der Waals surface area contributed by atoms with Crippen LogP contribution < -0.4 is 5.32 Å². The number of dihydropyridines is 1. The van der Waals surface area contributed by atoms with Crippen LogP contribution in [0, 0.1) is 13.8 Å². The Morgan fingerprint density at radius 1 is 1.19 bits per heavy atom. The molecule has 3 heterocycles. The first kappa shape index (κ1) is 17.8. The lowest BCUT2D eigenvalue weighted by Crippen LogP contribution is -2.14. The van der Waals surface area contributed by atoms with Crippen LogP contribution in [0.3, 0.4) is 0 Å². The van der Waals surface area contributed by atoms with E-state index >= 15 is 0 Å². The Labute approximate surface area is 164 Å². The van der Waals surface area contributed by atoms with E-state index in [-0.39, 0.29) is 5.92 Å². The van der Waals surface area contributed by atoms with Gasteiger partial charge in [-0.2, -0.15) is 5.10 Å². The molecule has 3 aromatic rings. The van der Waals surface area contributed by atoms with Gasteiger partial charge in [-0.25, -0.2) is 0 Å². The van der Waals surface area contributed by atoms with Gasteiger partial charge in [-0.05, 0) is 60.9 Å². The topological polar surface area (TPSA) is 53.6 Å². The molecule has 4 nitrogen and oxygen atoms in total. The van der Waals surface area contributed by atoms with Crippen LogP contribution in [0.25, 0.3) is 16.6 Å². The number of fused-ring (bicyclic) bond motifs is 1. The number of H-pyrrole nitrogens is 1.